The molecule has 2 aromatic rings. The zero-order valence-corrected chi connectivity index (χ0v) is 15.3. The summed E-state index contributed by atoms with van der Waals surface area (Å²) in [6, 6.07) is 10.9. The molecule has 6 heteroatoms. The molecule has 1 fully saturated rings. The molecule has 26 heavy (non-hydrogen) atoms. The third kappa shape index (κ3) is 5.05. The first-order valence-corrected chi connectivity index (χ1v) is 9.29. The van der Waals surface area contributed by atoms with Crippen LogP contribution in [-0.4, -0.2) is 29.4 Å². The summed E-state index contributed by atoms with van der Waals surface area (Å²) < 4.78 is 0. The maximum absolute atomic E-state index is 12.3. The number of halogens is 1. The Labute approximate surface area is 158 Å². The summed E-state index contributed by atoms with van der Waals surface area (Å²) in [6.45, 7) is 0.491. The maximum atomic E-state index is 12.3. The van der Waals surface area contributed by atoms with Crippen LogP contribution in [0.3, 0.4) is 0 Å². The zero-order valence-electron chi connectivity index (χ0n) is 14.5. The SMILES string of the molecule is O=C(NCCc1cccc(Cl)c1)c1ccnc(C(=O)NC2CCCC2)c1. The number of hydrogen-bond acceptors (Lipinski definition) is 3. The van der Waals surface area contributed by atoms with Gasteiger partial charge in [-0.25, -0.2) is 0 Å². The van der Waals surface area contributed by atoms with E-state index in [1.165, 1.54) is 6.20 Å². The van der Waals surface area contributed by atoms with Crippen LogP contribution in [0.25, 0.3) is 0 Å². The quantitative estimate of drug-likeness (QED) is 0.817. The van der Waals surface area contributed by atoms with E-state index in [4.69, 9.17) is 11.6 Å². The van der Waals surface area contributed by atoms with Gasteiger partial charge in [-0.1, -0.05) is 36.6 Å². The smallest absolute Gasteiger partial charge is 0.270 e. The van der Waals surface area contributed by atoms with Gasteiger partial charge in [-0.05, 0) is 49.1 Å². The highest BCUT2D eigenvalue weighted by molar-refractivity contribution is 6.30. The Morgan fingerprint density at radius 1 is 1.12 bits per heavy atom. The molecule has 1 aliphatic rings. The van der Waals surface area contributed by atoms with Crippen molar-refractivity contribution in [2.24, 2.45) is 0 Å². The lowest BCUT2D eigenvalue weighted by molar-refractivity contribution is 0.0933. The van der Waals surface area contributed by atoms with Gasteiger partial charge >= 0.3 is 0 Å². The summed E-state index contributed by atoms with van der Waals surface area (Å²) in [5.74, 6) is -0.435. The fourth-order valence-corrected chi connectivity index (χ4v) is 3.35. The number of nitrogens with zero attached hydrogens (tertiary/aromatic N) is 1. The van der Waals surface area contributed by atoms with Crippen LogP contribution in [0.5, 0.6) is 0 Å². The highest BCUT2D eigenvalue weighted by atomic mass is 35.5. The number of rotatable bonds is 6. The molecule has 3 rings (SSSR count). The van der Waals surface area contributed by atoms with E-state index in [0.717, 1.165) is 31.2 Å². The average molecular weight is 372 g/mol. The fraction of sp³-hybridized carbons (Fsp3) is 0.350. The third-order valence-electron chi connectivity index (χ3n) is 4.53. The van der Waals surface area contributed by atoms with Gasteiger partial charge in [0.15, 0.2) is 0 Å². The molecule has 0 bridgehead atoms. The van der Waals surface area contributed by atoms with Crippen molar-refractivity contribution in [1.29, 1.82) is 0 Å². The van der Waals surface area contributed by atoms with Crippen molar-refractivity contribution in [3.63, 3.8) is 0 Å². The molecule has 0 spiro atoms. The fourth-order valence-electron chi connectivity index (χ4n) is 3.14. The van der Waals surface area contributed by atoms with Gasteiger partial charge in [0.05, 0.1) is 0 Å². The molecule has 0 atom stereocenters. The number of aromatic nitrogens is 1. The molecule has 1 heterocycles. The van der Waals surface area contributed by atoms with Gasteiger partial charge in [-0.15, -0.1) is 0 Å². The summed E-state index contributed by atoms with van der Waals surface area (Å²) in [6.07, 6.45) is 6.49. The standard InChI is InChI=1S/C20H22ClN3O2/c21-16-5-3-4-14(12-16)8-10-23-19(25)15-9-11-22-18(13-15)20(26)24-17-6-1-2-7-17/h3-5,9,11-13,17H,1-2,6-8,10H2,(H,23,25)(H,24,26). The van der Waals surface area contributed by atoms with Gasteiger partial charge < -0.3 is 10.6 Å². The molecule has 0 radical (unpaired) electrons. The molecule has 0 aliphatic heterocycles. The van der Waals surface area contributed by atoms with Crippen LogP contribution in [0.15, 0.2) is 42.6 Å². The Balaban J connectivity index is 1.54. The van der Waals surface area contributed by atoms with Gasteiger partial charge in [0.1, 0.15) is 5.69 Å². The van der Waals surface area contributed by atoms with E-state index in [-0.39, 0.29) is 23.6 Å². The average Bonchev–Trinajstić information content (AvgIpc) is 3.15. The Bertz CT molecular complexity index is 788. The molecule has 0 unspecified atom stereocenters. The van der Waals surface area contributed by atoms with Crippen LogP contribution >= 0.6 is 11.6 Å². The Hall–Kier alpha value is -2.40. The summed E-state index contributed by atoms with van der Waals surface area (Å²) >= 11 is 5.96. The molecule has 1 aromatic heterocycles. The molecule has 1 aliphatic carbocycles. The van der Waals surface area contributed by atoms with E-state index in [2.05, 4.69) is 15.6 Å². The van der Waals surface area contributed by atoms with E-state index < -0.39 is 0 Å². The Morgan fingerprint density at radius 2 is 1.92 bits per heavy atom. The van der Waals surface area contributed by atoms with Crippen LogP contribution in [0.1, 0.15) is 52.1 Å². The Kier molecular flexibility index (Phi) is 6.23. The minimum Gasteiger partial charge on any atom is -0.352 e. The van der Waals surface area contributed by atoms with E-state index in [0.29, 0.717) is 23.6 Å². The second kappa shape index (κ2) is 8.81. The first-order valence-electron chi connectivity index (χ1n) is 8.91. The van der Waals surface area contributed by atoms with Crippen molar-refractivity contribution in [2.75, 3.05) is 6.54 Å². The van der Waals surface area contributed by atoms with E-state index >= 15 is 0 Å². The van der Waals surface area contributed by atoms with Crippen molar-refractivity contribution in [3.05, 3.63) is 64.4 Å². The van der Waals surface area contributed by atoms with Crippen molar-refractivity contribution in [3.8, 4) is 0 Å². The normalized spacial score (nSPS) is 14.2. The lowest BCUT2D eigenvalue weighted by atomic mass is 10.1. The summed E-state index contributed by atoms with van der Waals surface area (Å²) in [7, 11) is 0. The first-order chi connectivity index (χ1) is 12.6. The predicted molar refractivity (Wildman–Crippen MR) is 101 cm³/mol. The lowest BCUT2D eigenvalue weighted by Gasteiger charge is -2.12. The van der Waals surface area contributed by atoms with Crippen LogP contribution < -0.4 is 10.6 Å². The topological polar surface area (TPSA) is 71.1 Å². The Morgan fingerprint density at radius 3 is 2.69 bits per heavy atom. The molecular formula is C20H22ClN3O2. The minimum atomic E-state index is -0.218. The van der Waals surface area contributed by atoms with Crippen LogP contribution in [-0.2, 0) is 6.42 Å². The molecule has 1 aromatic carbocycles. The molecular weight excluding hydrogens is 350 g/mol. The molecule has 5 nitrogen and oxygen atoms in total. The molecule has 1 saturated carbocycles. The second-order valence-electron chi connectivity index (χ2n) is 6.52. The van der Waals surface area contributed by atoms with Crippen molar-refractivity contribution >= 4 is 23.4 Å². The second-order valence-corrected chi connectivity index (χ2v) is 6.96. The predicted octanol–water partition coefficient (Wildman–Crippen LogP) is 3.38. The highest BCUT2D eigenvalue weighted by Gasteiger charge is 2.19. The monoisotopic (exact) mass is 371 g/mol. The number of hydrogen-bond donors (Lipinski definition) is 2. The number of carbonyl (C=O) groups excluding carboxylic acids is 2. The van der Waals surface area contributed by atoms with Gasteiger partial charge in [0.25, 0.3) is 11.8 Å². The molecule has 2 N–H and O–H groups in total. The third-order valence-corrected chi connectivity index (χ3v) is 4.77. The van der Waals surface area contributed by atoms with Crippen LogP contribution in [0.2, 0.25) is 5.02 Å². The van der Waals surface area contributed by atoms with Crippen LogP contribution in [0.4, 0.5) is 0 Å². The largest absolute Gasteiger partial charge is 0.352 e. The van der Waals surface area contributed by atoms with Crippen molar-refractivity contribution < 1.29 is 9.59 Å². The summed E-state index contributed by atoms with van der Waals surface area (Å²) in [4.78, 5) is 28.7. The molecule has 136 valence electrons. The first kappa shape index (κ1) is 18.4. The lowest BCUT2D eigenvalue weighted by Crippen LogP contribution is -2.33. The van der Waals surface area contributed by atoms with Crippen molar-refractivity contribution in [1.82, 2.24) is 15.6 Å². The summed E-state index contributed by atoms with van der Waals surface area (Å²) in [5, 5.41) is 6.53. The maximum Gasteiger partial charge on any atom is 0.270 e. The van der Waals surface area contributed by atoms with E-state index in [1.807, 2.05) is 24.3 Å². The number of nitrogens with one attached hydrogen (secondary N) is 2. The minimum absolute atomic E-state index is 0.217. The molecule has 0 saturated heterocycles. The van der Waals surface area contributed by atoms with Gasteiger partial charge in [0.2, 0.25) is 0 Å². The summed E-state index contributed by atoms with van der Waals surface area (Å²) in [5.41, 5.74) is 1.77. The van der Waals surface area contributed by atoms with Gasteiger partial charge in [-0.3, -0.25) is 14.6 Å². The van der Waals surface area contributed by atoms with Crippen molar-refractivity contribution in [2.45, 2.75) is 38.1 Å². The number of benzene rings is 1. The highest BCUT2D eigenvalue weighted by Crippen LogP contribution is 2.18. The number of pyridine rings is 1. The molecule has 2 amide bonds. The van der Waals surface area contributed by atoms with Gasteiger partial charge in [0, 0.05) is 29.4 Å². The number of carbonyl (C=O) groups is 2. The van der Waals surface area contributed by atoms with Gasteiger partial charge in [-0.2, -0.15) is 0 Å². The number of amides is 2. The van der Waals surface area contributed by atoms with E-state index in [9.17, 15) is 9.59 Å². The zero-order chi connectivity index (χ0) is 18.4. The van der Waals surface area contributed by atoms with E-state index in [1.54, 1.807) is 12.1 Å². The van der Waals surface area contributed by atoms with Crippen LogP contribution in [0, 0.1) is 0 Å².